The Balaban J connectivity index is 1.25. The van der Waals surface area contributed by atoms with Crippen LogP contribution in [0.3, 0.4) is 0 Å². The summed E-state index contributed by atoms with van der Waals surface area (Å²) in [5.41, 5.74) is 5.47. The lowest BCUT2D eigenvalue weighted by atomic mass is 10.1. The van der Waals surface area contributed by atoms with Crippen LogP contribution in [0.4, 0.5) is 11.5 Å². The van der Waals surface area contributed by atoms with Crippen LogP contribution in [0.1, 0.15) is 23.1 Å². The molecule has 0 spiro atoms. The van der Waals surface area contributed by atoms with Crippen molar-refractivity contribution in [3.8, 4) is 0 Å². The van der Waals surface area contributed by atoms with Gasteiger partial charge in [0.25, 0.3) is 0 Å². The molecule has 0 saturated carbocycles. The highest BCUT2D eigenvalue weighted by atomic mass is 16.2. The van der Waals surface area contributed by atoms with Crippen LogP contribution in [-0.4, -0.2) is 54.4 Å². The van der Waals surface area contributed by atoms with E-state index in [9.17, 15) is 9.59 Å². The van der Waals surface area contributed by atoms with E-state index in [4.69, 9.17) is 4.98 Å². The molecule has 3 heterocycles. The Kier molecular flexibility index (Phi) is 5.52. The van der Waals surface area contributed by atoms with Gasteiger partial charge in [0.15, 0.2) is 0 Å². The lowest BCUT2D eigenvalue weighted by molar-refractivity contribution is -0.136. The van der Waals surface area contributed by atoms with E-state index in [1.807, 2.05) is 36.1 Å². The molecule has 2 aliphatic heterocycles. The normalized spacial score (nSPS) is 18.9. The Morgan fingerprint density at radius 2 is 1.67 bits per heavy atom. The van der Waals surface area contributed by atoms with E-state index in [1.165, 1.54) is 16.5 Å². The zero-order valence-corrected chi connectivity index (χ0v) is 19.5. The summed E-state index contributed by atoms with van der Waals surface area (Å²) in [7, 11) is 0. The molecule has 2 aromatic carbocycles. The number of para-hydroxylation sites is 1. The molecule has 1 atom stereocenters. The fourth-order valence-corrected chi connectivity index (χ4v) is 4.97. The van der Waals surface area contributed by atoms with Crippen molar-refractivity contribution < 1.29 is 9.59 Å². The Morgan fingerprint density at radius 3 is 2.39 bits per heavy atom. The van der Waals surface area contributed by atoms with E-state index in [2.05, 4.69) is 43.0 Å². The maximum absolute atomic E-state index is 13.2. The highest BCUT2D eigenvalue weighted by Crippen LogP contribution is 2.28. The van der Waals surface area contributed by atoms with Crippen molar-refractivity contribution in [1.29, 1.82) is 0 Å². The smallest absolute Gasteiger partial charge is 0.228 e. The number of aryl methyl sites for hydroxylation is 3. The Morgan fingerprint density at radius 1 is 0.939 bits per heavy atom. The van der Waals surface area contributed by atoms with Gasteiger partial charge in [0, 0.05) is 50.2 Å². The summed E-state index contributed by atoms with van der Waals surface area (Å²) in [6, 6.07) is 16.4. The predicted octanol–water partition coefficient (Wildman–Crippen LogP) is 3.86. The third-order valence-electron chi connectivity index (χ3n) is 6.97. The van der Waals surface area contributed by atoms with E-state index >= 15 is 0 Å². The number of benzene rings is 2. The second-order valence-corrected chi connectivity index (χ2v) is 9.32. The van der Waals surface area contributed by atoms with Crippen molar-refractivity contribution in [1.82, 2.24) is 9.88 Å². The number of carbonyl (C=O) groups excluding carboxylic acids is 2. The summed E-state index contributed by atoms with van der Waals surface area (Å²) >= 11 is 0. The maximum atomic E-state index is 13.2. The van der Waals surface area contributed by atoms with Gasteiger partial charge in [-0.2, -0.15) is 0 Å². The van der Waals surface area contributed by atoms with E-state index in [0.29, 0.717) is 19.6 Å². The number of carbonyl (C=O) groups is 2. The van der Waals surface area contributed by atoms with Gasteiger partial charge < -0.3 is 14.7 Å². The molecule has 2 amide bonds. The van der Waals surface area contributed by atoms with Gasteiger partial charge in [-0.15, -0.1) is 0 Å². The van der Waals surface area contributed by atoms with E-state index in [0.717, 1.165) is 35.7 Å². The Hall–Kier alpha value is -3.41. The Bertz CT molecular complexity index is 1210. The third-order valence-corrected chi connectivity index (χ3v) is 6.97. The minimum absolute atomic E-state index is 0.0297. The molecule has 1 aromatic heterocycles. The molecule has 2 saturated heterocycles. The fraction of sp³-hybridized carbons (Fsp3) is 0.370. The van der Waals surface area contributed by atoms with Crippen molar-refractivity contribution >= 4 is 34.2 Å². The molecule has 0 bridgehead atoms. The van der Waals surface area contributed by atoms with Gasteiger partial charge >= 0.3 is 0 Å². The van der Waals surface area contributed by atoms with Crippen molar-refractivity contribution in [2.75, 3.05) is 42.5 Å². The van der Waals surface area contributed by atoms with Crippen LogP contribution in [0.15, 0.2) is 48.5 Å². The summed E-state index contributed by atoms with van der Waals surface area (Å²) in [4.78, 5) is 36.7. The molecule has 1 unspecified atom stereocenters. The number of amides is 2. The number of piperazine rings is 1. The molecule has 6 heteroatoms. The van der Waals surface area contributed by atoms with Gasteiger partial charge in [-0.3, -0.25) is 9.59 Å². The molecule has 3 aromatic rings. The van der Waals surface area contributed by atoms with Crippen LogP contribution >= 0.6 is 0 Å². The van der Waals surface area contributed by atoms with Crippen molar-refractivity contribution in [2.45, 2.75) is 27.2 Å². The van der Waals surface area contributed by atoms with Gasteiger partial charge in [0.1, 0.15) is 5.82 Å². The first-order valence-electron chi connectivity index (χ1n) is 11.7. The zero-order valence-electron chi connectivity index (χ0n) is 19.5. The average Bonchev–Trinajstić information content (AvgIpc) is 3.21. The summed E-state index contributed by atoms with van der Waals surface area (Å²) in [6.45, 7) is 9.52. The molecule has 33 heavy (non-hydrogen) atoms. The number of nitrogens with zero attached hydrogens (tertiary/aromatic N) is 4. The molecule has 2 aliphatic rings. The minimum atomic E-state index is -0.269. The van der Waals surface area contributed by atoms with Gasteiger partial charge in [-0.25, -0.2) is 4.98 Å². The predicted molar refractivity (Wildman–Crippen MR) is 132 cm³/mol. The number of pyridine rings is 1. The van der Waals surface area contributed by atoms with Gasteiger partial charge in [-0.05, 0) is 50.1 Å². The lowest BCUT2D eigenvalue weighted by Gasteiger charge is -2.36. The van der Waals surface area contributed by atoms with Crippen LogP contribution in [0.5, 0.6) is 0 Å². The summed E-state index contributed by atoms with van der Waals surface area (Å²) < 4.78 is 0. The number of fused-ring (bicyclic) bond motifs is 1. The summed E-state index contributed by atoms with van der Waals surface area (Å²) in [5, 5.41) is 1.19. The molecular weight excluding hydrogens is 412 g/mol. The van der Waals surface area contributed by atoms with E-state index in [1.54, 1.807) is 4.90 Å². The SMILES string of the molecule is Cc1ccc(N2CC(C(=O)N3CCN(c4cc(C)c5cccc(C)c5n4)CC3)CC2=O)cc1. The summed E-state index contributed by atoms with van der Waals surface area (Å²) in [6.07, 6.45) is 0.289. The molecule has 5 rings (SSSR count). The van der Waals surface area contributed by atoms with Gasteiger partial charge in [-0.1, -0.05) is 35.9 Å². The number of hydrogen-bond donors (Lipinski definition) is 0. The number of anilines is 2. The van der Waals surface area contributed by atoms with Crippen molar-refractivity contribution in [3.63, 3.8) is 0 Å². The molecular formula is C27H30N4O2. The van der Waals surface area contributed by atoms with E-state index < -0.39 is 0 Å². The highest BCUT2D eigenvalue weighted by Gasteiger charge is 2.38. The van der Waals surface area contributed by atoms with Gasteiger partial charge in [0.2, 0.25) is 11.8 Å². The second-order valence-electron chi connectivity index (χ2n) is 9.32. The standard InChI is InChI=1S/C27H30N4O2/c1-18-7-9-22(10-8-18)31-17-21(16-25(31)32)27(33)30-13-11-29(12-14-30)24-15-20(3)23-6-4-5-19(2)26(23)28-24/h4-10,15,21H,11-14,16-17H2,1-3H3. The number of aromatic nitrogens is 1. The van der Waals surface area contributed by atoms with Crippen LogP contribution in [0.2, 0.25) is 0 Å². The minimum Gasteiger partial charge on any atom is -0.353 e. The average molecular weight is 443 g/mol. The largest absolute Gasteiger partial charge is 0.353 e. The number of rotatable bonds is 3. The molecule has 6 nitrogen and oxygen atoms in total. The molecule has 0 aliphatic carbocycles. The monoisotopic (exact) mass is 442 g/mol. The third kappa shape index (κ3) is 4.06. The van der Waals surface area contributed by atoms with Gasteiger partial charge in [0.05, 0.1) is 11.4 Å². The second kappa shape index (κ2) is 8.50. The van der Waals surface area contributed by atoms with Crippen LogP contribution in [0.25, 0.3) is 10.9 Å². The first-order chi connectivity index (χ1) is 15.9. The lowest BCUT2D eigenvalue weighted by Crippen LogP contribution is -2.51. The molecule has 2 fully saturated rings. The van der Waals surface area contributed by atoms with Crippen LogP contribution < -0.4 is 9.80 Å². The molecule has 0 N–H and O–H groups in total. The van der Waals surface area contributed by atoms with Crippen molar-refractivity contribution in [2.24, 2.45) is 5.92 Å². The maximum Gasteiger partial charge on any atom is 0.228 e. The molecule has 0 radical (unpaired) electrons. The first-order valence-corrected chi connectivity index (χ1v) is 11.7. The topological polar surface area (TPSA) is 56.8 Å². The Labute approximate surface area is 194 Å². The summed E-state index contributed by atoms with van der Waals surface area (Å²) in [5.74, 6) is 0.829. The number of hydrogen-bond acceptors (Lipinski definition) is 4. The van der Waals surface area contributed by atoms with Crippen LogP contribution in [-0.2, 0) is 9.59 Å². The fourth-order valence-electron chi connectivity index (χ4n) is 4.97. The van der Waals surface area contributed by atoms with Crippen molar-refractivity contribution in [3.05, 3.63) is 65.2 Å². The highest BCUT2D eigenvalue weighted by molar-refractivity contribution is 6.00. The quantitative estimate of drug-likeness (QED) is 0.618. The van der Waals surface area contributed by atoms with E-state index in [-0.39, 0.29) is 24.2 Å². The molecule has 170 valence electrons. The van der Waals surface area contributed by atoms with Crippen LogP contribution in [0, 0.1) is 26.7 Å². The zero-order chi connectivity index (χ0) is 23.1. The first kappa shape index (κ1) is 21.4.